The van der Waals surface area contributed by atoms with Gasteiger partial charge < -0.3 is 25.8 Å². The van der Waals surface area contributed by atoms with E-state index < -0.39 is 17.3 Å². The van der Waals surface area contributed by atoms with Crippen molar-refractivity contribution >= 4 is 34.4 Å². The molecule has 2 aliphatic rings. The zero-order valence-electron chi connectivity index (χ0n) is 29.4. The number of pyridine rings is 1. The maximum Gasteiger partial charge on any atom is 0.355 e. The number of carbonyl (C=O) groups is 1. The molecule has 2 aliphatic heterocycles. The molecule has 0 saturated carbocycles. The van der Waals surface area contributed by atoms with Crippen LogP contribution >= 0.6 is 0 Å². The second kappa shape index (κ2) is 13.7. The molecule has 12 nitrogen and oxygen atoms in total. The Morgan fingerprint density at radius 1 is 0.980 bits per heavy atom. The van der Waals surface area contributed by atoms with E-state index in [2.05, 4.69) is 21.8 Å². The lowest BCUT2D eigenvalue weighted by Crippen LogP contribution is -2.58. The van der Waals surface area contributed by atoms with Crippen molar-refractivity contribution in [2.75, 3.05) is 54.8 Å². The molecule has 0 radical (unpaired) electrons. The molecule has 0 bridgehead atoms. The molecule has 0 unspecified atom stereocenters. The predicted molar refractivity (Wildman–Crippen MR) is 192 cm³/mol. The Balaban J connectivity index is 1.67. The highest BCUT2D eigenvalue weighted by Gasteiger charge is 2.35. The molecule has 50 heavy (non-hydrogen) atoms. The molecule has 1 aromatic carbocycles. The zero-order valence-corrected chi connectivity index (χ0v) is 29.4. The number of nitrogens with zero attached hydrogens (tertiary/aromatic N) is 8. The number of fused-ring (bicyclic) bond motifs is 1. The van der Waals surface area contributed by atoms with Crippen molar-refractivity contribution in [1.29, 1.82) is 0 Å². The van der Waals surface area contributed by atoms with Gasteiger partial charge >= 0.3 is 5.69 Å². The van der Waals surface area contributed by atoms with E-state index in [0.29, 0.717) is 36.1 Å². The number of aromatic nitrogens is 5. The topological polar surface area (TPSA) is 138 Å². The molecule has 6 rings (SSSR count). The largest absolute Gasteiger partial charge is 0.398 e. The molecular formula is C36H44F2N10O2. The molecule has 4 aromatic rings. The molecule has 264 valence electrons. The van der Waals surface area contributed by atoms with Gasteiger partial charge in [-0.25, -0.2) is 33.1 Å². The Hall–Kier alpha value is -4.98. The van der Waals surface area contributed by atoms with Crippen molar-refractivity contribution in [2.24, 2.45) is 0 Å². The minimum atomic E-state index is -0.831. The van der Waals surface area contributed by atoms with Gasteiger partial charge in [-0.15, -0.1) is 0 Å². The first-order valence-corrected chi connectivity index (χ1v) is 17.1. The van der Waals surface area contributed by atoms with E-state index in [1.165, 1.54) is 34.9 Å². The summed E-state index contributed by atoms with van der Waals surface area (Å²) < 4.78 is 33.0. The van der Waals surface area contributed by atoms with Gasteiger partial charge in [0.2, 0.25) is 11.9 Å². The summed E-state index contributed by atoms with van der Waals surface area (Å²) in [4.78, 5) is 52.2. The van der Waals surface area contributed by atoms with Crippen molar-refractivity contribution in [2.45, 2.75) is 65.5 Å². The number of rotatable bonds is 7. The van der Waals surface area contributed by atoms with E-state index in [1.54, 1.807) is 4.90 Å². The standard InChI is InChI=1S/C36H44F2N10O2/c1-8-27(49)46-17-22(7)47(18-21(46)6)33-23-16-25(38)31(28-24(37)10-9-11-26(28)39)41-34(23)48(36(50)44-33)32-29(19(2)3)42-35(43-30(32)20(4)5)45-14-12-40-13-15-45/h8-11,16,19-22,40H,1,12-15,17-18,39H2,2-7H3/t21-,22+/m1/s1. The average molecular weight is 687 g/mol. The summed E-state index contributed by atoms with van der Waals surface area (Å²) in [5.41, 5.74) is 6.65. The Labute approximate surface area is 290 Å². The fourth-order valence-corrected chi connectivity index (χ4v) is 6.86. The molecule has 2 fully saturated rings. The van der Waals surface area contributed by atoms with Crippen LogP contribution in [0, 0.1) is 11.6 Å². The number of carbonyl (C=O) groups excluding carboxylic acids is 1. The van der Waals surface area contributed by atoms with Crippen LogP contribution in [0.1, 0.15) is 64.8 Å². The number of hydrogen-bond donors (Lipinski definition) is 2. The molecular weight excluding hydrogens is 642 g/mol. The Morgan fingerprint density at radius 2 is 1.64 bits per heavy atom. The fraction of sp³-hybridized carbons (Fsp3) is 0.444. The number of nitrogens with one attached hydrogen (secondary N) is 1. The first kappa shape index (κ1) is 34.9. The first-order valence-electron chi connectivity index (χ1n) is 17.1. The van der Waals surface area contributed by atoms with Crippen LogP contribution in [0.15, 0.2) is 41.7 Å². The lowest BCUT2D eigenvalue weighted by atomic mass is 10.0. The molecule has 2 atom stereocenters. The summed E-state index contributed by atoms with van der Waals surface area (Å²) in [6, 6.07) is 4.76. The monoisotopic (exact) mass is 686 g/mol. The van der Waals surface area contributed by atoms with Crippen LogP contribution in [-0.2, 0) is 4.79 Å². The minimum absolute atomic E-state index is 0.00109. The summed E-state index contributed by atoms with van der Waals surface area (Å²) in [5.74, 6) is -1.33. The molecule has 0 aliphatic carbocycles. The van der Waals surface area contributed by atoms with Gasteiger partial charge in [0.1, 0.15) is 17.3 Å². The van der Waals surface area contributed by atoms with Crippen LogP contribution in [-0.4, -0.2) is 86.7 Å². The van der Waals surface area contributed by atoms with Crippen molar-refractivity contribution < 1.29 is 13.6 Å². The summed E-state index contributed by atoms with van der Waals surface area (Å²) in [7, 11) is 0. The predicted octanol–water partition coefficient (Wildman–Crippen LogP) is 4.37. The number of hydrogen-bond acceptors (Lipinski definition) is 10. The number of nitrogens with two attached hydrogens (primary N) is 1. The van der Waals surface area contributed by atoms with E-state index in [-0.39, 0.29) is 63.6 Å². The molecule has 3 aromatic heterocycles. The SMILES string of the molecule is C=CC(=O)N1C[C@H](C)N(c2nc(=O)n(-c3c(C(C)C)nc(N4CCNCC4)nc3C(C)C)c3nc(-c4c(N)cccc4F)c(F)cc23)C[C@H]1C. The van der Waals surface area contributed by atoms with Gasteiger partial charge in [0.05, 0.1) is 28.0 Å². The van der Waals surface area contributed by atoms with Gasteiger partial charge in [0.15, 0.2) is 11.5 Å². The molecule has 5 heterocycles. The maximum atomic E-state index is 16.3. The zero-order chi connectivity index (χ0) is 36.0. The number of benzene rings is 1. The third kappa shape index (κ3) is 6.16. The van der Waals surface area contributed by atoms with Crippen LogP contribution in [0.2, 0.25) is 0 Å². The van der Waals surface area contributed by atoms with E-state index in [0.717, 1.165) is 26.2 Å². The highest BCUT2D eigenvalue weighted by atomic mass is 19.1. The lowest BCUT2D eigenvalue weighted by molar-refractivity contribution is -0.128. The quantitative estimate of drug-likeness (QED) is 0.213. The summed E-state index contributed by atoms with van der Waals surface area (Å²) in [6.45, 7) is 19.0. The van der Waals surface area contributed by atoms with Crippen molar-refractivity contribution in [3.05, 3.63) is 70.4 Å². The molecule has 14 heteroatoms. The van der Waals surface area contributed by atoms with Crippen LogP contribution in [0.25, 0.3) is 28.0 Å². The van der Waals surface area contributed by atoms with Gasteiger partial charge in [-0.2, -0.15) is 4.98 Å². The summed E-state index contributed by atoms with van der Waals surface area (Å²) in [6.07, 6.45) is 1.27. The normalized spacial score (nSPS) is 18.4. The fourth-order valence-electron chi connectivity index (χ4n) is 6.86. The molecule has 1 amide bonds. The minimum Gasteiger partial charge on any atom is -0.398 e. The average Bonchev–Trinajstić information content (AvgIpc) is 3.08. The third-order valence-electron chi connectivity index (χ3n) is 9.44. The van der Waals surface area contributed by atoms with Gasteiger partial charge in [-0.1, -0.05) is 40.3 Å². The van der Waals surface area contributed by atoms with Gasteiger partial charge in [0.25, 0.3) is 0 Å². The summed E-state index contributed by atoms with van der Waals surface area (Å²) in [5, 5.41) is 3.59. The molecule has 0 spiro atoms. The molecule has 2 saturated heterocycles. The highest BCUT2D eigenvalue weighted by Crippen LogP contribution is 2.37. The third-order valence-corrected chi connectivity index (χ3v) is 9.44. The van der Waals surface area contributed by atoms with Crippen LogP contribution in [0.4, 0.5) is 26.2 Å². The van der Waals surface area contributed by atoms with Crippen LogP contribution < -0.4 is 26.5 Å². The van der Waals surface area contributed by atoms with Crippen molar-refractivity contribution in [1.82, 2.24) is 34.7 Å². The van der Waals surface area contributed by atoms with Crippen molar-refractivity contribution in [3.8, 4) is 16.9 Å². The highest BCUT2D eigenvalue weighted by molar-refractivity contribution is 5.92. The summed E-state index contributed by atoms with van der Waals surface area (Å²) >= 11 is 0. The lowest BCUT2D eigenvalue weighted by Gasteiger charge is -2.44. The van der Waals surface area contributed by atoms with Gasteiger partial charge in [0, 0.05) is 57.0 Å². The van der Waals surface area contributed by atoms with Crippen molar-refractivity contribution in [3.63, 3.8) is 0 Å². The van der Waals surface area contributed by atoms with E-state index in [4.69, 9.17) is 20.7 Å². The Bertz CT molecular complexity index is 1980. The Morgan fingerprint density at radius 3 is 2.24 bits per heavy atom. The first-order chi connectivity index (χ1) is 23.8. The van der Waals surface area contributed by atoms with Crippen LogP contribution in [0.3, 0.4) is 0 Å². The van der Waals surface area contributed by atoms with Gasteiger partial charge in [-0.3, -0.25) is 4.79 Å². The Kier molecular flexibility index (Phi) is 9.58. The number of anilines is 3. The second-order valence-electron chi connectivity index (χ2n) is 13.7. The number of piperazine rings is 2. The van der Waals surface area contributed by atoms with E-state index >= 15 is 8.78 Å². The van der Waals surface area contributed by atoms with E-state index in [9.17, 15) is 9.59 Å². The van der Waals surface area contributed by atoms with E-state index in [1.807, 2.05) is 46.4 Å². The number of halogens is 2. The van der Waals surface area contributed by atoms with Gasteiger partial charge in [-0.05, 0) is 50.0 Å². The second-order valence-corrected chi connectivity index (χ2v) is 13.7. The number of amides is 1. The smallest absolute Gasteiger partial charge is 0.355 e. The number of nitrogen functional groups attached to an aromatic ring is 1. The molecule has 3 N–H and O–H groups in total. The maximum absolute atomic E-state index is 16.3. The van der Waals surface area contributed by atoms with Crippen LogP contribution in [0.5, 0.6) is 0 Å².